The maximum atomic E-state index is 6.39. The van der Waals surface area contributed by atoms with E-state index in [1.165, 1.54) is 134 Å². The van der Waals surface area contributed by atoms with Crippen molar-refractivity contribution in [1.29, 1.82) is 0 Å². The zero-order chi connectivity index (χ0) is 29.2. The second-order valence-corrected chi connectivity index (χ2v) is 13.9. The molecule has 0 bridgehead atoms. The van der Waals surface area contributed by atoms with E-state index in [1.54, 1.807) is 0 Å². The van der Waals surface area contributed by atoms with Crippen LogP contribution in [-0.2, 0) is 14.5 Å². The van der Waals surface area contributed by atoms with E-state index in [0.29, 0.717) is 0 Å². The Hall–Kier alpha value is -0.630. The van der Waals surface area contributed by atoms with E-state index in [4.69, 9.17) is 13.6 Å². The van der Waals surface area contributed by atoms with Gasteiger partial charge in [-0.2, -0.15) is 0 Å². The molecule has 234 valence electrons. The lowest BCUT2D eigenvalue weighted by Gasteiger charge is -2.24. The predicted molar refractivity (Wildman–Crippen MR) is 178 cm³/mol. The van der Waals surface area contributed by atoms with Gasteiger partial charge in [-0.15, -0.1) is 0 Å². The number of benzene rings is 1. The van der Waals surface area contributed by atoms with Gasteiger partial charge in [0.2, 0.25) is 0 Å². The maximum absolute atomic E-state index is 6.39. The van der Waals surface area contributed by atoms with Crippen molar-refractivity contribution in [1.82, 2.24) is 0 Å². The third kappa shape index (κ3) is 21.1. The number of rotatable bonds is 28. The first-order valence-corrected chi connectivity index (χ1v) is 18.4. The fraction of sp³-hybridized carbons (Fsp3) is 0.833. The van der Waals surface area contributed by atoms with Gasteiger partial charge in [-0.05, 0) is 29.9 Å². The van der Waals surface area contributed by atoms with E-state index in [2.05, 4.69) is 52.8 Å². The van der Waals surface area contributed by atoms with Crippen LogP contribution in [0.3, 0.4) is 0 Å². The Morgan fingerprint density at radius 2 is 0.850 bits per heavy atom. The molecule has 0 N–H and O–H groups in total. The van der Waals surface area contributed by atoms with Crippen LogP contribution in [0.4, 0.5) is 0 Å². The molecule has 4 heteroatoms. The van der Waals surface area contributed by atoms with Crippen LogP contribution in [0.1, 0.15) is 181 Å². The Bertz CT molecular complexity index is 644. The molecule has 0 saturated heterocycles. The molecule has 0 atom stereocenters. The largest absolute Gasteiger partial charge is 0.426 e. The molecule has 0 radical (unpaired) electrons. The highest BCUT2D eigenvalue weighted by Crippen LogP contribution is 2.44. The lowest BCUT2D eigenvalue weighted by Crippen LogP contribution is -2.13. The minimum absolute atomic E-state index is 0.0175. The molecule has 0 aliphatic carbocycles. The summed E-state index contributed by atoms with van der Waals surface area (Å²) in [5, 5.41) is 0. The van der Waals surface area contributed by atoms with Crippen molar-refractivity contribution in [2.45, 2.75) is 181 Å². The van der Waals surface area contributed by atoms with E-state index in [1.807, 2.05) is 6.07 Å². The zero-order valence-electron chi connectivity index (χ0n) is 27.5. The molecule has 0 saturated carbocycles. The van der Waals surface area contributed by atoms with Crippen molar-refractivity contribution in [2.24, 2.45) is 0 Å². The average molecular weight is 579 g/mol. The number of unbranched alkanes of at least 4 members (excludes halogenated alkanes) is 20. The number of para-hydroxylation sites is 1. The SMILES string of the molecule is CCCCCCCCCCCCCOP(OCCCCCCCCCCCCC)Oc1ccccc1C(C)(C)C. The highest BCUT2D eigenvalue weighted by Gasteiger charge is 2.22. The van der Waals surface area contributed by atoms with E-state index in [0.717, 1.165) is 31.8 Å². The molecular weight excluding hydrogens is 511 g/mol. The summed E-state index contributed by atoms with van der Waals surface area (Å²) in [6.07, 6.45) is 29.5. The van der Waals surface area contributed by atoms with Gasteiger partial charge < -0.3 is 13.6 Å². The fourth-order valence-electron chi connectivity index (χ4n) is 5.15. The Morgan fingerprint density at radius 1 is 0.500 bits per heavy atom. The molecule has 0 amide bonds. The summed E-state index contributed by atoms with van der Waals surface area (Å²) in [6.45, 7) is 12.7. The first-order chi connectivity index (χ1) is 19.5. The van der Waals surface area contributed by atoms with Crippen LogP contribution < -0.4 is 4.52 Å². The van der Waals surface area contributed by atoms with Crippen LogP contribution in [0.2, 0.25) is 0 Å². The quantitative estimate of drug-likeness (QED) is 0.0731. The van der Waals surface area contributed by atoms with Crippen LogP contribution in [0.5, 0.6) is 5.75 Å². The van der Waals surface area contributed by atoms with Crippen LogP contribution in [0.25, 0.3) is 0 Å². The van der Waals surface area contributed by atoms with Crippen LogP contribution in [-0.4, -0.2) is 13.2 Å². The Kier molecular flexibility index (Phi) is 24.3. The van der Waals surface area contributed by atoms with Crippen molar-refractivity contribution in [3.8, 4) is 5.75 Å². The molecule has 0 unspecified atom stereocenters. The Labute approximate surface area is 251 Å². The maximum Gasteiger partial charge on any atom is 0.397 e. The highest BCUT2D eigenvalue weighted by atomic mass is 31.2. The van der Waals surface area contributed by atoms with Gasteiger partial charge in [-0.25, -0.2) is 0 Å². The molecule has 0 aliphatic heterocycles. The minimum atomic E-state index is -1.38. The summed E-state index contributed by atoms with van der Waals surface area (Å²) in [5.74, 6) is 0.902. The fourth-order valence-corrected chi connectivity index (χ4v) is 6.20. The molecule has 0 aromatic heterocycles. The van der Waals surface area contributed by atoms with Gasteiger partial charge in [0.1, 0.15) is 5.75 Å². The lowest BCUT2D eigenvalue weighted by molar-refractivity contribution is 0.198. The first kappa shape index (κ1) is 37.4. The molecule has 40 heavy (non-hydrogen) atoms. The van der Waals surface area contributed by atoms with Gasteiger partial charge in [-0.1, -0.05) is 181 Å². The smallest absolute Gasteiger partial charge is 0.397 e. The summed E-state index contributed by atoms with van der Waals surface area (Å²) < 4.78 is 18.8. The molecule has 1 aromatic carbocycles. The van der Waals surface area contributed by atoms with E-state index >= 15 is 0 Å². The lowest BCUT2D eigenvalue weighted by atomic mass is 9.86. The molecule has 1 aromatic rings. The molecule has 3 nitrogen and oxygen atoms in total. The average Bonchev–Trinajstić information content (AvgIpc) is 2.93. The van der Waals surface area contributed by atoms with Crippen molar-refractivity contribution in [3.63, 3.8) is 0 Å². The number of hydrogen-bond acceptors (Lipinski definition) is 3. The van der Waals surface area contributed by atoms with E-state index in [9.17, 15) is 0 Å². The topological polar surface area (TPSA) is 27.7 Å². The summed E-state index contributed by atoms with van der Waals surface area (Å²) in [7, 11) is -1.38. The molecular formula is C36H67O3P. The van der Waals surface area contributed by atoms with Gasteiger partial charge in [0.05, 0.1) is 13.2 Å². The van der Waals surface area contributed by atoms with Crippen molar-refractivity contribution in [2.75, 3.05) is 13.2 Å². The van der Waals surface area contributed by atoms with Crippen LogP contribution in [0, 0.1) is 0 Å². The summed E-state index contributed by atoms with van der Waals surface area (Å²) in [5.41, 5.74) is 1.22. The molecule has 0 spiro atoms. The van der Waals surface area contributed by atoms with E-state index in [-0.39, 0.29) is 5.41 Å². The normalized spacial score (nSPS) is 11.9. The monoisotopic (exact) mass is 578 g/mol. The Morgan fingerprint density at radius 3 is 1.23 bits per heavy atom. The second kappa shape index (κ2) is 26.0. The van der Waals surface area contributed by atoms with Crippen molar-refractivity contribution in [3.05, 3.63) is 29.8 Å². The number of hydrogen-bond donors (Lipinski definition) is 0. The molecule has 1 rings (SSSR count). The van der Waals surface area contributed by atoms with Crippen molar-refractivity contribution >= 4 is 8.60 Å². The third-order valence-electron chi connectivity index (χ3n) is 7.76. The van der Waals surface area contributed by atoms with Gasteiger partial charge in [0.25, 0.3) is 0 Å². The zero-order valence-corrected chi connectivity index (χ0v) is 28.3. The second-order valence-electron chi connectivity index (χ2n) is 12.8. The molecule has 0 aliphatic rings. The van der Waals surface area contributed by atoms with Gasteiger partial charge in [0.15, 0.2) is 0 Å². The standard InChI is InChI=1S/C36H67O3P/c1-6-8-10-12-14-16-18-20-22-24-28-32-37-40(39-35-31-27-26-30-34(35)36(3,4)5)38-33-29-25-23-21-19-17-15-13-11-9-7-2/h26-27,30-31H,6-25,28-29,32-33H2,1-5H3. The first-order valence-electron chi connectivity index (χ1n) is 17.3. The van der Waals surface area contributed by atoms with Gasteiger partial charge in [-0.3, -0.25) is 0 Å². The summed E-state index contributed by atoms with van der Waals surface area (Å²) in [4.78, 5) is 0. The van der Waals surface area contributed by atoms with E-state index < -0.39 is 8.60 Å². The summed E-state index contributed by atoms with van der Waals surface area (Å²) in [6, 6.07) is 8.36. The third-order valence-corrected chi connectivity index (χ3v) is 8.89. The van der Waals surface area contributed by atoms with Gasteiger partial charge >= 0.3 is 8.60 Å². The van der Waals surface area contributed by atoms with Gasteiger partial charge in [0, 0.05) is 0 Å². The van der Waals surface area contributed by atoms with Crippen molar-refractivity contribution < 1.29 is 13.6 Å². The predicted octanol–water partition coefficient (Wildman–Crippen LogP) is 13.2. The minimum Gasteiger partial charge on any atom is -0.426 e. The highest BCUT2D eigenvalue weighted by molar-refractivity contribution is 7.42. The summed E-state index contributed by atoms with van der Waals surface area (Å²) >= 11 is 0. The molecule has 0 fully saturated rings. The Balaban J connectivity index is 2.31. The van der Waals surface area contributed by atoms with Crippen LogP contribution >= 0.6 is 8.60 Å². The van der Waals surface area contributed by atoms with Crippen LogP contribution in [0.15, 0.2) is 24.3 Å². The molecule has 0 heterocycles.